The number of carbonyl (C=O) groups is 1. The molecule has 5 nitrogen and oxygen atoms in total. The number of likely N-dealkylation sites (N-methyl/N-ethyl adjacent to an activating group) is 1. The molecule has 1 aromatic heterocycles. The maximum Gasteiger partial charge on any atom is 0.324 e. The van der Waals surface area contributed by atoms with Crippen LogP contribution in [-0.2, 0) is 11.2 Å². The highest BCUT2D eigenvalue weighted by molar-refractivity contribution is 5.73. The zero-order valence-electron chi connectivity index (χ0n) is 7.07. The minimum absolute atomic E-state index is 0.0718. The molecule has 0 fully saturated rings. The summed E-state index contributed by atoms with van der Waals surface area (Å²) in [6, 6.07) is -1.17. The molecule has 0 saturated carbocycles. The summed E-state index contributed by atoms with van der Waals surface area (Å²) in [6.45, 7) is 0. The molecule has 1 unspecified atom stereocenters. The molecule has 0 aromatic carbocycles. The van der Waals surface area contributed by atoms with Gasteiger partial charge in [0, 0.05) is 25.4 Å². The number of nitrogens with one attached hydrogen (secondary N) is 1. The Morgan fingerprint density at radius 1 is 1.92 bits per heavy atom. The lowest BCUT2D eigenvalue weighted by atomic mass is 10.2. The van der Waals surface area contributed by atoms with Crippen LogP contribution in [0, 0.1) is 0 Å². The van der Waals surface area contributed by atoms with Crippen LogP contribution in [-0.4, -0.2) is 39.3 Å². The van der Waals surface area contributed by atoms with E-state index in [1.165, 1.54) is 12.5 Å². The van der Waals surface area contributed by atoms with Crippen LogP contribution in [0.4, 0.5) is 4.48 Å². The van der Waals surface area contributed by atoms with Crippen LogP contribution in [0.1, 0.15) is 5.69 Å². The van der Waals surface area contributed by atoms with Crippen molar-refractivity contribution >= 4 is 5.97 Å². The van der Waals surface area contributed by atoms with E-state index in [9.17, 15) is 9.28 Å². The number of imidazole rings is 1. The van der Waals surface area contributed by atoms with Crippen molar-refractivity contribution in [3.05, 3.63) is 18.2 Å². The number of H-pyrrole nitrogens is 1. The summed E-state index contributed by atoms with van der Waals surface area (Å²) >= 11 is 0. The van der Waals surface area contributed by atoms with E-state index in [1.54, 1.807) is 0 Å². The number of halogens is 1. The van der Waals surface area contributed by atoms with Crippen molar-refractivity contribution in [3.8, 4) is 0 Å². The van der Waals surface area contributed by atoms with Gasteiger partial charge in [-0.3, -0.25) is 4.79 Å². The number of rotatable bonds is 4. The Bertz CT molecular complexity index is 273. The summed E-state index contributed by atoms with van der Waals surface area (Å²) in [5.74, 6) is -1.19. The molecule has 0 radical (unpaired) electrons. The predicted octanol–water partition coefficient (Wildman–Crippen LogP) is 0.222. The number of aliphatic carboxylic acids is 1. The van der Waals surface area contributed by atoms with E-state index in [1.807, 2.05) is 0 Å². The first-order valence-corrected chi connectivity index (χ1v) is 3.70. The van der Waals surface area contributed by atoms with E-state index in [0.29, 0.717) is 5.69 Å². The molecule has 1 rings (SSSR count). The summed E-state index contributed by atoms with van der Waals surface area (Å²) in [6.07, 6.45) is 2.97. The fraction of sp³-hybridized carbons (Fsp3) is 0.429. The van der Waals surface area contributed by atoms with Crippen LogP contribution in [0.5, 0.6) is 0 Å². The monoisotopic (exact) mass is 187 g/mol. The molecule has 1 aromatic rings. The Kier molecular flexibility index (Phi) is 2.97. The average Bonchev–Trinajstić information content (AvgIpc) is 2.50. The summed E-state index contributed by atoms with van der Waals surface area (Å²) in [5.41, 5.74) is 0.594. The molecule has 0 aliphatic heterocycles. The Balaban J connectivity index is 2.63. The van der Waals surface area contributed by atoms with E-state index < -0.39 is 12.0 Å². The van der Waals surface area contributed by atoms with Gasteiger partial charge >= 0.3 is 5.97 Å². The van der Waals surface area contributed by atoms with E-state index in [-0.39, 0.29) is 11.5 Å². The molecule has 0 amide bonds. The highest BCUT2D eigenvalue weighted by atomic mass is 19.2. The number of nitrogens with zero attached hydrogens (tertiary/aromatic N) is 2. The van der Waals surface area contributed by atoms with Gasteiger partial charge in [0.05, 0.1) is 6.33 Å². The van der Waals surface area contributed by atoms with Gasteiger partial charge in [0.2, 0.25) is 0 Å². The third kappa shape index (κ3) is 2.51. The van der Waals surface area contributed by atoms with Crippen LogP contribution < -0.4 is 0 Å². The summed E-state index contributed by atoms with van der Waals surface area (Å²) in [4.78, 5) is 17.0. The first-order valence-electron chi connectivity index (χ1n) is 3.70. The summed E-state index contributed by atoms with van der Waals surface area (Å²) < 4.78 is 12.6. The van der Waals surface area contributed by atoms with Crippen molar-refractivity contribution < 1.29 is 14.4 Å². The maximum atomic E-state index is 12.6. The molecule has 72 valence electrons. The minimum Gasteiger partial charge on any atom is -0.480 e. The molecule has 1 atom stereocenters. The van der Waals surface area contributed by atoms with Crippen LogP contribution >= 0.6 is 0 Å². The second-order valence-corrected chi connectivity index (χ2v) is 2.66. The highest BCUT2D eigenvalue weighted by Gasteiger charge is 2.23. The van der Waals surface area contributed by atoms with Crippen LogP contribution in [0.25, 0.3) is 0 Å². The Morgan fingerprint density at radius 3 is 3.00 bits per heavy atom. The molecule has 0 aliphatic rings. The van der Waals surface area contributed by atoms with Crippen molar-refractivity contribution in [1.82, 2.24) is 15.1 Å². The molecular formula is C7H10FN3O2. The van der Waals surface area contributed by atoms with Gasteiger partial charge in [0.25, 0.3) is 0 Å². The van der Waals surface area contributed by atoms with Gasteiger partial charge in [-0.1, -0.05) is 0 Å². The van der Waals surface area contributed by atoms with E-state index in [0.717, 1.165) is 7.05 Å². The van der Waals surface area contributed by atoms with Crippen molar-refractivity contribution in [3.63, 3.8) is 0 Å². The Morgan fingerprint density at radius 2 is 2.62 bits per heavy atom. The third-order valence-electron chi connectivity index (χ3n) is 1.68. The molecule has 0 saturated heterocycles. The fourth-order valence-electron chi connectivity index (χ4n) is 0.970. The zero-order valence-corrected chi connectivity index (χ0v) is 7.07. The lowest BCUT2D eigenvalue weighted by Crippen LogP contribution is -2.35. The lowest BCUT2D eigenvalue weighted by Gasteiger charge is -2.14. The van der Waals surface area contributed by atoms with Crippen LogP contribution in [0.2, 0.25) is 0 Å². The highest BCUT2D eigenvalue weighted by Crippen LogP contribution is 2.05. The number of hydrogen-bond acceptors (Lipinski definition) is 3. The summed E-state index contributed by atoms with van der Waals surface area (Å²) in [5, 5.41) is 8.80. The Labute approximate surface area is 74.1 Å². The van der Waals surface area contributed by atoms with Crippen molar-refractivity contribution in [1.29, 1.82) is 0 Å². The number of hydrogen-bond donors (Lipinski definition) is 2. The van der Waals surface area contributed by atoms with Gasteiger partial charge in [-0.2, -0.15) is 0 Å². The normalized spacial score (nSPS) is 13.2. The lowest BCUT2D eigenvalue weighted by molar-refractivity contribution is -0.149. The minimum atomic E-state index is -1.19. The average molecular weight is 187 g/mol. The van der Waals surface area contributed by atoms with Gasteiger partial charge in [-0.15, -0.1) is 9.60 Å². The van der Waals surface area contributed by atoms with Gasteiger partial charge in [-0.05, 0) is 0 Å². The van der Waals surface area contributed by atoms with Crippen LogP contribution in [0.3, 0.4) is 0 Å². The van der Waals surface area contributed by atoms with Crippen LogP contribution in [0.15, 0.2) is 12.5 Å². The predicted molar refractivity (Wildman–Crippen MR) is 42.6 cm³/mol. The molecule has 13 heavy (non-hydrogen) atoms. The van der Waals surface area contributed by atoms with E-state index in [2.05, 4.69) is 9.97 Å². The third-order valence-corrected chi connectivity index (χ3v) is 1.68. The number of carboxylic acids is 1. The topological polar surface area (TPSA) is 69.2 Å². The molecule has 6 heteroatoms. The van der Waals surface area contributed by atoms with E-state index in [4.69, 9.17) is 5.11 Å². The summed E-state index contributed by atoms with van der Waals surface area (Å²) in [7, 11) is 1.08. The number of aromatic nitrogens is 2. The van der Waals surface area contributed by atoms with Crippen molar-refractivity contribution in [2.45, 2.75) is 12.5 Å². The van der Waals surface area contributed by atoms with Crippen molar-refractivity contribution in [2.24, 2.45) is 0 Å². The molecule has 2 N–H and O–H groups in total. The van der Waals surface area contributed by atoms with Gasteiger partial charge in [0.15, 0.2) is 0 Å². The number of aromatic amines is 1. The second-order valence-electron chi connectivity index (χ2n) is 2.66. The molecule has 1 heterocycles. The SMILES string of the molecule is CN(F)C(Cc1cnc[nH]1)C(=O)O. The zero-order chi connectivity index (χ0) is 9.84. The Hall–Kier alpha value is -1.43. The smallest absolute Gasteiger partial charge is 0.324 e. The molecule has 0 bridgehead atoms. The largest absolute Gasteiger partial charge is 0.480 e. The first kappa shape index (κ1) is 9.66. The van der Waals surface area contributed by atoms with Gasteiger partial charge in [-0.25, -0.2) is 4.98 Å². The maximum absolute atomic E-state index is 12.6. The molecule has 0 spiro atoms. The second kappa shape index (κ2) is 3.99. The fourth-order valence-corrected chi connectivity index (χ4v) is 0.970. The van der Waals surface area contributed by atoms with Gasteiger partial charge in [0.1, 0.15) is 6.04 Å². The number of carboxylic acid groups (broad SMARTS) is 1. The molecule has 0 aliphatic carbocycles. The molecular weight excluding hydrogens is 177 g/mol. The van der Waals surface area contributed by atoms with Gasteiger partial charge < -0.3 is 10.1 Å². The first-order chi connectivity index (χ1) is 6.11. The van der Waals surface area contributed by atoms with E-state index >= 15 is 0 Å². The quantitative estimate of drug-likeness (QED) is 0.661. The standard InChI is InChI=1S/C7H10FN3O2/c1-11(8)6(7(12)13)2-5-3-9-4-10-5/h3-4,6H,2H2,1H3,(H,9,10)(H,12,13). The van der Waals surface area contributed by atoms with Crippen molar-refractivity contribution in [2.75, 3.05) is 7.05 Å².